The molecule has 0 unspecified atom stereocenters. The molecule has 0 aromatic heterocycles. The fourth-order valence-electron chi connectivity index (χ4n) is 4.13. The highest BCUT2D eigenvalue weighted by molar-refractivity contribution is 7.92. The van der Waals surface area contributed by atoms with Gasteiger partial charge in [-0.2, -0.15) is 8.42 Å². The van der Waals surface area contributed by atoms with E-state index in [0.717, 1.165) is 50.2 Å². The number of amides is 2. The number of nitrogens with zero attached hydrogens (tertiary/aromatic N) is 1. The summed E-state index contributed by atoms with van der Waals surface area (Å²) in [5.41, 5.74) is 0.248. The van der Waals surface area contributed by atoms with Gasteiger partial charge in [0, 0.05) is 12.1 Å². The maximum Gasteiger partial charge on any atom is 0.573 e. The van der Waals surface area contributed by atoms with Crippen molar-refractivity contribution in [3.05, 3.63) is 84.4 Å². The van der Waals surface area contributed by atoms with Gasteiger partial charge in [-0.05, 0) is 92.5 Å². The molecule has 0 saturated carbocycles. The van der Waals surface area contributed by atoms with Gasteiger partial charge in [-0.25, -0.2) is 0 Å². The van der Waals surface area contributed by atoms with Crippen LogP contribution < -0.4 is 30.0 Å². The Kier molecular flexibility index (Phi) is 9.91. The second kappa shape index (κ2) is 13.6. The van der Waals surface area contributed by atoms with Gasteiger partial charge in [-0.15, -0.1) is 13.2 Å². The van der Waals surface area contributed by atoms with Crippen molar-refractivity contribution in [3.63, 3.8) is 0 Å². The van der Waals surface area contributed by atoms with Crippen LogP contribution in [-0.4, -0.2) is 52.8 Å². The third-order valence-electron chi connectivity index (χ3n) is 6.30. The van der Waals surface area contributed by atoms with E-state index in [4.69, 9.17) is 4.84 Å². The first kappa shape index (κ1) is 30.7. The molecule has 0 radical (unpaired) electrons. The average Bonchev–Trinajstić information content (AvgIpc) is 2.98. The van der Waals surface area contributed by atoms with Crippen molar-refractivity contribution in [2.75, 3.05) is 30.6 Å². The molecule has 1 aliphatic rings. The third kappa shape index (κ3) is 8.60. The molecule has 3 aromatic rings. The Hall–Kier alpha value is -4.30. The summed E-state index contributed by atoms with van der Waals surface area (Å²) < 4.78 is 69.0. The topological polar surface area (TPSA) is 126 Å². The summed E-state index contributed by atoms with van der Waals surface area (Å²) in [5.74, 6) is -1.07. The number of ether oxygens (including phenoxy) is 1. The van der Waals surface area contributed by atoms with Crippen molar-refractivity contribution in [2.45, 2.75) is 24.1 Å². The van der Waals surface area contributed by atoms with Gasteiger partial charge in [0.15, 0.2) is 5.75 Å². The van der Waals surface area contributed by atoms with E-state index in [0.29, 0.717) is 16.9 Å². The maximum absolute atomic E-state index is 13.6. The van der Waals surface area contributed by atoms with Crippen LogP contribution in [-0.2, 0) is 14.8 Å². The predicted molar refractivity (Wildman–Crippen MR) is 147 cm³/mol. The fraction of sp³-hybridized carbons (Fsp3) is 0.286. The molecule has 1 saturated heterocycles. The van der Waals surface area contributed by atoms with Crippen LogP contribution in [0.3, 0.4) is 0 Å². The number of hydrogen-bond acceptors (Lipinski definition) is 7. The van der Waals surface area contributed by atoms with Gasteiger partial charge in [0.25, 0.3) is 15.9 Å². The minimum atomic E-state index is -4.89. The number of para-hydroxylation sites is 1. The Balaban J connectivity index is 1.42. The zero-order valence-corrected chi connectivity index (χ0v) is 23.1. The monoisotopic (exact) mass is 606 g/mol. The van der Waals surface area contributed by atoms with E-state index in [2.05, 4.69) is 20.7 Å². The minimum absolute atomic E-state index is 0.0774. The summed E-state index contributed by atoms with van der Waals surface area (Å²) >= 11 is 0. The zero-order valence-electron chi connectivity index (χ0n) is 22.3. The normalized spacial score (nSPS) is 14.1. The predicted octanol–water partition coefficient (Wildman–Crippen LogP) is 3.62. The number of anilines is 1. The Morgan fingerprint density at radius 3 is 2.12 bits per heavy atom. The van der Waals surface area contributed by atoms with Crippen LogP contribution in [0.15, 0.2) is 83.8 Å². The minimum Gasteiger partial charge on any atom is -0.406 e. The number of halogens is 3. The molecule has 4 rings (SSSR count). The van der Waals surface area contributed by atoms with E-state index in [-0.39, 0.29) is 34.3 Å². The van der Waals surface area contributed by atoms with Crippen LogP contribution in [0.4, 0.5) is 18.9 Å². The Morgan fingerprint density at radius 2 is 1.50 bits per heavy atom. The second-order valence-electron chi connectivity index (χ2n) is 9.38. The molecule has 42 heavy (non-hydrogen) atoms. The van der Waals surface area contributed by atoms with Crippen LogP contribution in [0.2, 0.25) is 0 Å². The van der Waals surface area contributed by atoms with Crippen molar-refractivity contribution < 1.29 is 40.8 Å². The van der Waals surface area contributed by atoms with Crippen molar-refractivity contribution in [1.29, 1.82) is 0 Å². The molecule has 0 atom stereocenters. The van der Waals surface area contributed by atoms with E-state index >= 15 is 0 Å². The number of nitrogens with one attached hydrogen (secondary N) is 3. The number of sulfonamides is 1. The van der Waals surface area contributed by atoms with Crippen LogP contribution in [0.1, 0.15) is 23.2 Å². The molecule has 0 aliphatic carbocycles. The molecule has 224 valence electrons. The van der Waals surface area contributed by atoms with Crippen molar-refractivity contribution in [1.82, 2.24) is 16.0 Å². The molecule has 0 spiro atoms. The zero-order chi connectivity index (χ0) is 30.2. The van der Waals surface area contributed by atoms with Crippen molar-refractivity contribution >= 4 is 27.5 Å². The van der Waals surface area contributed by atoms with Gasteiger partial charge in [0.2, 0.25) is 5.91 Å². The van der Waals surface area contributed by atoms with Crippen LogP contribution in [0.5, 0.6) is 11.5 Å². The second-order valence-corrected chi connectivity index (χ2v) is 11.1. The lowest BCUT2D eigenvalue weighted by Gasteiger charge is -2.24. The van der Waals surface area contributed by atoms with E-state index in [1.54, 1.807) is 18.2 Å². The quantitative estimate of drug-likeness (QED) is 0.285. The number of piperidine rings is 1. The van der Waals surface area contributed by atoms with Gasteiger partial charge < -0.3 is 25.5 Å². The first-order valence-corrected chi connectivity index (χ1v) is 14.4. The smallest absolute Gasteiger partial charge is 0.406 e. The number of hydrogen-bond donors (Lipinski definition) is 3. The lowest BCUT2D eigenvalue weighted by Crippen LogP contribution is -2.40. The molecule has 10 nitrogen and oxygen atoms in total. The van der Waals surface area contributed by atoms with E-state index in [9.17, 15) is 31.2 Å². The Bertz CT molecular complexity index is 1450. The molecule has 1 aliphatic heterocycles. The highest BCUT2D eigenvalue weighted by atomic mass is 32.2. The lowest BCUT2D eigenvalue weighted by molar-refractivity contribution is -0.274. The van der Waals surface area contributed by atoms with E-state index in [1.807, 2.05) is 0 Å². The number of rotatable bonds is 11. The summed E-state index contributed by atoms with van der Waals surface area (Å²) in [6.07, 6.45) is -2.94. The number of alkyl halides is 3. The van der Waals surface area contributed by atoms with Gasteiger partial charge in [-0.3, -0.25) is 9.59 Å². The Morgan fingerprint density at radius 1 is 0.881 bits per heavy atom. The van der Waals surface area contributed by atoms with Gasteiger partial charge in [0.05, 0.1) is 17.1 Å². The molecular weight excluding hydrogens is 577 g/mol. The highest BCUT2D eigenvalue weighted by Crippen LogP contribution is 2.29. The average molecular weight is 607 g/mol. The van der Waals surface area contributed by atoms with Gasteiger partial charge in [-0.1, -0.05) is 22.7 Å². The van der Waals surface area contributed by atoms with Crippen LogP contribution in [0, 0.1) is 5.92 Å². The van der Waals surface area contributed by atoms with Crippen LogP contribution >= 0.6 is 0 Å². The van der Waals surface area contributed by atoms with Gasteiger partial charge >= 0.3 is 6.36 Å². The molecule has 1 fully saturated rings. The molecule has 0 bridgehead atoms. The van der Waals surface area contributed by atoms with Crippen molar-refractivity contribution in [3.8, 4) is 11.5 Å². The van der Waals surface area contributed by atoms with Crippen molar-refractivity contribution in [2.24, 2.45) is 5.92 Å². The summed E-state index contributed by atoms with van der Waals surface area (Å²) in [6.45, 7) is 2.12. The standard InChI is InChI=1S/C28H29F3N4O6S/c29-28(30,31)40-23-8-10-24(11-9-23)41-35(22-4-2-1-3-5-22)42(38,39)25-12-6-21(7-13-25)27(37)34-19-26(36)33-18-20-14-16-32-17-15-20/h1-13,20,32H,14-19H2,(H,33,36)(H,34,37). The molecular formula is C28H29F3N4O6S. The van der Waals surface area contributed by atoms with E-state index < -0.39 is 28.0 Å². The first-order chi connectivity index (χ1) is 20.0. The van der Waals surface area contributed by atoms with E-state index in [1.165, 1.54) is 36.4 Å². The largest absolute Gasteiger partial charge is 0.573 e. The molecule has 1 heterocycles. The first-order valence-electron chi connectivity index (χ1n) is 13.0. The maximum atomic E-state index is 13.6. The third-order valence-corrected chi connectivity index (χ3v) is 7.89. The highest BCUT2D eigenvalue weighted by Gasteiger charge is 2.31. The molecule has 3 aromatic carbocycles. The molecule has 3 N–H and O–H groups in total. The number of benzene rings is 3. The Labute approximate surface area is 240 Å². The number of carbonyl (C=O) groups is 2. The fourth-order valence-corrected chi connectivity index (χ4v) is 5.39. The lowest BCUT2D eigenvalue weighted by atomic mass is 9.98. The summed E-state index contributed by atoms with van der Waals surface area (Å²) in [5, 5.41) is 8.58. The summed E-state index contributed by atoms with van der Waals surface area (Å²) in [7, 11) is -4.38. The summed E-state index contributed by atoms with van der Waals surface area (Å²) in [6, 6.07) is 17.0. The van der Waals surface area contributed by atoms with Crippen LogP contribution in [0.25, 0.3) is 0 Å². The number of carbonyl (C=O) groups excluding carboxylic acids is 2. The summed E-state index contributed by atoms with van der Waals surface area (Å²) in [4.78, 5) is 30.1. The van der Waals surface area contributed by atoms with Gasteiger partial charge in [0.1, 0.15) is 5.75 Å². The SMILES string of the molecule is O=C(CNC(=O)c1ccc(S(=O)(=O)N(Oc2ccc(OC(F)(F)F)cc2)c2ccccc2)cc1)NCC1CCNCC1. The molecule has 2 amide bonds. The molecule has 14 heteroatoms.